The van der Waals surface area contributed by atoms with Crippen molar-refractivity contribution < 1.29 is 14.6 Å². The molecule has 2 aromatic carbocycles. The first-order valence-electron chi connectivity index (χ1n) is 7.80. The Bertz CT molecular complexity index is 665. The van der Waals surface area contributed by atoms with E-state index in [4.69, 9.17) is 4.74 Å². The second kappa shape index (κ2) is 6.36. The number of hydrogen-bond acceptors (Lipinski definition) is 3. The lowest BCUT2D eigenvalue weighted by molar-refractivity contribution is 0.0306. The van der Waals surface area contributed by atoms with Crippen LogP contribution in [0.25, 0.3) is 10.8 Å². The molecular formula is C18H21NO3. The van der Waals surface area contributed by atoms with Gasteiger partial charge in [0.1, 0.15) is 0 Å². The summed E-state index contributed by atoms with van der Waals surface area (Å²) in [6.45, 7) is 2.69. The molecule has 4 nitrogen and oxygen atoms in total. The third-order valence-electron chi connectivity index (χ3n) is 4.26. The zero-order chi connectivity index (χ0) is 15.5. The number of likely N-dealkylation sites (tertiary alicyclic amines) is 1. The Kier molecular flexibility index (Phi) is 4.29. The van der Waals surface area contributed by atoms with Gasteiger partial charge in [0.05, 0.1) is 18.8 Å². The van der Waals surface area contributed by atoms with E-state index in [2.05, 4.69) is 18.2 Å². The third-order valence-corrected chi connectivity index (χ3v) is 4.26. The Morgan fingerprint density at radius 1 is 1.27 bits per heavy atom. The van der Waals surface area contributed by atoms with Crippen LogP contribution in [0.2, 0.25) is 0 Å². The molecule has 3 rings (SSSR count). The van der Waals surface area contributed by atoms with Crippen LogP contribution in [0.4, 0.5) is 4.79 Å². The summed E-state index contributed by atoms with van der Waals surface area (Å²) in [7, 11) is 0. The molecule has 1 aliphatic heterocycles. The molecule has 1 aliphatic rings. The van der Waals surface area contributed by atoms with Gasteiger partial charge in [-0.25, -0.2) is 4.79 Å². The highest BCUT2D eigenvalue weighted by molar-refractivity contribution is 5.86. The van der Waals surface area contributed by atoms with Crippen molar-refractivity contribution in [3.63, 3.8) is 0 Å². The molecule has 0 bridgehead atoms. The molecule has 0 radical (unpaired) electrons. The quantitative estimate of drug-likeness (QED) is 0.923. The zero-order valence-electron chi connectivity index (χ0n) is 12.7. The van der Waals surface area contributed by atoms with Gasteiger partial charge in [0, 0.05) is 6.54 Å². The van der Waals surface area contributed by atoms with Crippen molar-refractivity contribution >= 4 is 16.9 Å². The van der Waals surface area contributed by atoms with Crippen molar-refractivity contribution in [3.05, 3.63) is 48.0 Å². The van der Waals surface area contributed by atoms with Crippen LogP contribution in [-0.4, -0.2) is 35.4 Å². The third kappa shape index (κ3) is 2.79. The maximum atomic E-state index is 12.2. The van der Waals surface area contributed by atoms with Gasteiger partial charge in [-0.1, -0.05) is 42.5 Å². The molecule has 2 atom stereocenters. The highest BCUT2D eigenvalue weighted by Crippen LogP contribution is 2.35. The van der Waals surface area contributed by atoms with Gasteiger partial charge in [-0.2, -0.15) is 0 Å². The summed E-state index contributed by atoms with van der Waals surface area (Å²) in [6, 6.07) is 14.1. The SMILES string of the molecule is CCOC(=O)N1CCC(O)CC1c1cccc2ccccc12. The van der Waals surface area contributed by atoms with Gasteiger partial charge in [0.2, 0.25) is 0 Å². The molecule has 1 N–H and O–H groups in total. The van der Waals surface area contributed by atoms with Crippen molar-refractivity contribution in [1.82, 2.24) is 4.90 Å². The van der Waals surface area contributed by atoms with Crippen molar-refractivity contribution in [2.24, 2.45) is 0 Å². The topological polar surface area (TPSA) is 49.8 Å². The Balaban J connectivity index is 2.02. The molecule has 0 saturated carbocycles. The maximum Gasteiger partial charge on any atom is 0.410 e. The van der Waals surface area contributed by atoms with E-state index >= 15 is 0 Å². The van der Waals surface area contributed by atoms with E-state index < -0.39 is 0 Å². The molecule has 0 aromatic heterocycles. The van der Waals surface area contributed by atoms with Crippen molar-refractivity contribution in [3.8, 4) is 0 Å². The smallest absolute Gasteiger partial charge is 0.410 e. The first-order valence-corrected chi connectivity index (χ1v) is 7.80. The fraction of sp³-hybridized carbons (Fsp3) is 0.389. The van der Waals surface area contributed by atoms with Crippen molar-refractivity contribution in [1.29, 1.82) is 0 Å². The lowest BCUT2D eigenvalue weighted by atomic mass is 9.90. The molecule has 0 spiro atoms. The van der Waals surface area contributed by atoms with Gasteiger partial charge in [-0.05, 0) is 36.1 Å². The molecule has 1 fully saturated rings. The van der Waals surface area contributed by atoms with E-state index in [1.54, 1.807) is 4.90 Å². The van der Waals surface area contributed by atoms with Crippen LogP contribution < -0.4 is 0 Å². The molecule has 2 aromatic rings. The summed E-state index contributed by atoms with van der Waals surface area (Å²) in [6.07, 6.45) is 0.467. The van der Waals surface area contributed by atoms with Crippen LogP contribution in [0.5, 0.6) is 0 Å². The minimum atomic E-state index is -0.380. The molecule has 116 valence electrons. The Morgan fingerprint density at radius 2 is 2.05 bits per heavy atom. The number of hydrogen-bond donors (Lipinski definition) is 1. The molecule has 1 heterocycles. The highest BCUT2D eigenvalue weighted by Gasteiger charge is 2.33. The number of aliphatic hydroxyl groups is 1. The monoisotopic (exact) mass is 299 g/mol. The highest BCUT2D eigenvalue weighted by atomic mass is 16.6. The largest absolute Gasteiger partial charge is 0.450 e. The average molecular weight is 299 g/mol. The minimum absolute atomic E-state index is 0.145. The number of benzene rings is 2. The average Bonchev–Trinajstić information content (AvgIpc) is 2.54. The normalized spacial score (nSPS) is 21.8. The zero-order valence-corrected chi connectivity index (χ0v) is 12.7. The molecule has 22 heavy (non-hydrogen) atoms. The van der Waals surface area contributed by atoms with Crippen LogP contribution in [0.15, 0.2) is 42.5 Å². The second-order valence-corrected chi connectivity index (χ2v) is 5.65. The van der Waals surface area contributed by atoms with E-state index in [0.717, 1.165) is 16.3 Å². The first kappa shape index (κ1) is 14.9. The van der Waals surface area contributed by atoms with Crippen LogP contribution >= 0.6 is 0 Å². The van der Waals surface area contributed by atoms with E-state index in [9.17, 15) is 9.90 Å². The van der Waals surface area contributed by atoms with Gasteiger partial charge in [0.15, 0.2) is 0 Å². The second-order valence-electron chi connectivity index (χ2n) is 5.65. The number of piperidine rings is 1. The summed E-state index contributed by atoms with van der Waals surface area (Å²) >= 11 is 0. The van der Waals surface area contributed by atoms with Crippen molar-refractivity contribution in [2.45, 2.75) is 31.9 Å². The number of nitrogens with zero attached hydrogens (tertiary/aromatic N) is 1. The summed E-state index contributed by atoms with van der Waals surface area (Å²) in [5, 5.41) is 12.3. The Hall–Kier alpha value is -2.07. The number of ether oxygens (including phenoxy) is 1. The maximum absolute atomic E-state index is 12.2. The van der Waals surface area contributed by atoms with Crippen LogP contribution in [0.3, 0.4) is 0 Å². The summed E-state index contributed by atoms with van der Waals surface area (Å²) in [5.74, 6) is 0. The van der Waals surface area contributed by atoms with Gasteiger partial charge >= 0.3 is 6.09 Å². The number of fused-ring (bicyclic) bond motifs is 1. The van der Waals surface area contributed by atoms with Gasteiger partial charge in [0.25, 0.3) is 0 Å². The summed E-state index contributed by atoms with van der Waals surface area (Å²) < 4.78 is 5.19. The van der Waals surface area contributed by atoms with Gasteiger partial charge in [-0.15, -0.1) is 0 Å². The van der Waals surface area contributed by atoms with Crippen LogP contribution in [-0.2, 0) is 4.74 Å². The predicted octanol–water partition coefficient (Wildman–Crippen LogP) is 3.49. The number of carbonyl (C=O) groups is 1. The lowest BCUT2D eigenvalue weighted by Gasteiger charge is -2.37. The molecule has 2 unspecified atom stereocenters. The molecule has 0 aliphatic carbocycles. The van der Waals surface area contributed by atoms with Crippen molar-refractivity contribution in [2.75, 3.05) is 13.2 Å². The molecule has 4 heteroatoms. The fourth-order valence-electron chi connectivity index (χ4n) is 3.21. The number of rotatable bonds is 2. The Labute approximate surface area is 130 Å². The van der Waals surface area contributed by atoms with Crippen LogP contribution in [0, 0.1) is 0 Å². The fourth-order valence-corrected chi connectivity index (χ4v) is 3.21. The predicted molar refractivity (Wildman–Crippen MR) is 85.7 cm³/mol. The lowest BCUT2D eigenvalue weighted by Crippen LogP contribution is -2.43. The van der Waals surface area contributed by atoms with E-state index in [-0.39, 0.29) is 18.2 Å². The summed E-state index contributed by atoms with van der Waals surface area (Å²) in [4.78, 5) is 14.0. The minimum Gasteiger partial charge on any atom is -0.450 e. The van der Waals surface area contributed by atoms with E-state index in [1.165, 1.54) is 0 Å². The first-order chi connectivity index (χ1) is 10.7. The standard InChI is InChI=1S/C18H21NO3/c1-2-22-18(21)19-11-10-14(20)12-17(19)16-9-5-7-13-6-3-4-8-15(13)16/h3-9,14,17,20H,2,10-12H2,1H3. The van der Waals surface area contributed by atoms with E-state index in [0.29, 0.717) is 26.0 Å². The molecule has 1 amide bonds. The number of aliphatic hydroxyl groups excluding tert-OH is 1. The molecule has 1 saturated heterocycles. The summed E-state index contributed by atoms with van der Waals surface area (Å²) in [5.41, 5.74) is 1.07. The van der Waals surface area contributed by atoms with E-state index in [1.807, 2.05) is 31.2 Å². The van der Waals surface area contributed by atoms with Gasteiger partial charge in [-0.3, -0.25) is 0 Å². The number of carbonyl (C=O) groups excluding carboxylic acids is 1. The number of amides is 1. The van der Waals surface area contributed by atoms with Gasteiger partial charge < -0.3 is 14.7 Å². The molecular weight excluding hydrogens is 278 g/mol. The van der Waals surface area contributed by atoms with Crippen LogP contribution in [0.1, 0.15) is 31.4 Å². The Morgan fingerprint density at radius 3 is 2.86 bits per heavy atom.